The van der Waals surface area contributed by atoms with Crippen molar-refractivity contribution in [3.63, 3.8) is 0 Å². The first-order valence-electron chi connectivity index (χ1n) is 14.7. The van der Waals surface area contributed by atoms with Crippen LogP contribution >= 0.6 is 35.0 Å². The van der Waals surface area contributed by atoms with Gasteiger partial charge in [0.05, 0.1) is 24.6 Å². The Morgan fingerprint density at radius 3 is 2.15 bits per heavy atom. The summed E-state index contributed by atoms with van der Waals surface area (Å²) in [5.41, 5.74) is 2.26. The number of likely N-dealkylation sites (tertiary alicyclic amines) is 1. The molecule has 0 aliphatic carbocycles. The minimum absolute atomic E-state index is 0.0848. The molecule has 46 heavy (non-hydrogen) atoms. The van der Waals surface area contributed by atoms with Gasteiger partial charge in [-0.1, -0.05) is 47.5 Å². The van der Waals surface area contributed by atoms with Crippen LogP contribution in [0.15, 0.2) is 72.8 Å². The molecule has 5 rings (SSSR count). The number of amides is 3. The highest BCUT2D eigenvalue weighted by molar-refractivity contribution is 8.00. The van der Waals surface area contributed by atoms with Crippen LogP contribution in [-0.4, -0.2) is 76.0 Å². The predicted molar refractivity (Wildman–Crippen MR) is 176 cm³/mol. The number of carbonyl (C=O) groups excluding carboxylic acids is 3. The van der Waals surface area contributed by atoms with E-state index < -0.39 is 29.1 Å². The number of hydrogen-bond donors (Lipinski definition) is 3. The topological polar surface area (TPSA) is 136 Å². The van der Waals surface area contributed by atoms with Crippen LogP contribution in [0.4, 0.5) is 5.69 Å². The van der Waals surface area contributed by atoms with E-state index in [-0.39, 0.29) is 31.0 Å². The van der Waals surface area contributed by atoms with Crippen molar-refractivity contribution in [3.05, 3.63) is 94.0 Å². The molecule has 0 radical (unpaired) electrons. The zero-order chi connectivity index (χ0) is 32.8. The Bertz CT molecular complexity index is 1550. The summed E-state index contributed by atoms with van der Waals surface area (Å²) in [6.45, 7) is 0.201. The number of hydrogen-bond acceptors (Lipinski definition) is 7. The molecular weight excluding hydrogens is 653 g/mol. The molecule has 0 bridgehead atoms. The molecule has 0 spiro atoms. The lowest BCUT2D eigenvalue weighted by atomic mass is 9.92. The number of nitrogens with zero attached hydrogens (tertiary/aromatic N) is 2. The highest BCUT2D eigenvalue weighted by Gasteiger charge is 2.49. The number of aliphatic hydroxyl groups excluding tert-OH is 1. The number of rotatable bonds is 12. The van der Waals surface area contributed by atoms with Crippen molar-refractivity contribution in [2.75, 3.05) is 36.9 Å². The second kappa shape index (κ2) is 15.2. The van der Waals surface area contributed by atoms with E-state index in [1.165, 1.54) is 11.8 Å². The molecule has 2 heterocycles. The fourth-order valence-corrected chi connectivity index (χ4v) is 6.99. The summed E-state index contributed by atoms with van der Waals surface area (Å²) in [5.74, 6) is -1.37. The third-order valence-corrected chi connectivity index (χ3v) is 9.89. The molecule has 2 fully saturated rings. The number of benzene rings is 3. The van der Waals surface area contributed by atoms with Crippen molar-refractivity contribution in [2.24, 2.45) is 5.92 Å². The van der Waals surface area contributed by atoms with E-state index in [9.17, 15) is 24.3 Å². The molecule has 0 aromatic heterocycles. The van der Waals surface area contributed by atoms with Gasteiger partial charge in [-0.15, -0.1) is 11.8 Å². The zero-order valence-corrected chi connectivity index (χ0v) is 27.0. The van der Waals surface area contributed by atoms with Crippen LogP contribution < -0.4 is 15.0 Å². The summed E-state index contributed by atoms with van der Waals surface area (Å²) in [7, 11) is 0. The van der Waals surface area contributed by atoms with Gasteiger partial charge in [0.1, 0.15) is 11.0 Å². The molecule has 13 heteroatoms. The van der Waals surface area contributed by atoms with Gasteiger partial charge < -0.3 is 30.1 Å². The van der Waals surface area contributed by atoms with Crippen LogP contribution in [0, 0.1) is 5.92 Å². The predicted octanol–water partition coefficient (Wildman–Crippen LogP) is 4.73. The quantitative estimate of drug-likeness (QED) is 0.233. The zero-order valence-electron chi connectivity index (χ0n) is 24.7. The largest absolute Gasteiger partial charge is 0.484 e. The van der Waals surface area contributed by atoms with Gasteiger partial charge in [0.25, 0.3) is 5.91 Å². The van der Waals surface area contributed by atoms with Gasteiger partial charge in [0.15, 0.2) is 6.61 Å². The Balaban J connectivity index is 1.17. The first-order valence-corrected chi connectivity index (χ1v) is 16.5. The number of halogens is 2. The normalized spacial score (nSPS) is 18.9. The van der Waals surface area contributed by atoms with Crippen LogP contribution in [0.1, 0.15) is 36.1 Å². The number of aliphatic hydroxyl groups is 1. The van der Waals surface area contributed by atoms with Crippen molar-refractivity contribution < 1.29 is 34.1 Å². The third-order valence-electron chi connectivity index (χ3n) is 8.06. The van der Waals surface area contributed by atoms with Crippen molar-refractivity contribution >= 4 is 64.3 Å². The molecule has 3 amide bonds. The smallest absolute Gasteiger partial charge is 0.306 e. The maximum atomic E-state index is 13.4. The van der Waals surface area contributed by atoms with Crippen LogP contribution in [0.25, 0.3) is 0 Å². The van der Waals surface area contributed by atoms with Gasteiger partial charge in [-0.3, -0.25) is 19.2 Å². The number of piperidine rings is 1. The summed E-state index contributed by atoms with van der Waals surface area (Å²) >= 11 is 13.4. The molecule has 10 nitrogen and oxygen atoms in total. The van der Waals surface area contributed by atoms with Crippen LogP contribution in [0.3, 0.4) is 0 Å². The van der Waals surface area contributed by atoms with Crippen LogP contribution in [0.5, 0.6) is 5.75 Å². The first-order chi connectivity index (χ1) is 22.1. The third kappa shape index (κ3) is 8.14. The number of carbonyl (C=O) groups is 4. The molecule has 0 saturated carbocycles. The van der Waals surface area contributed by atoms with Crippen LogP contribution in [0.2, 0.25) is 10.0 Å². The van der Waals surface area contributed by atoms with Gasteiger partial charge >= 0.3 is 5.97 Å². The van der Waals surface area contributed by atoms with E-state index in [0.717, 1.165) is 5.56 Å². The second-order valence-corrected chi connectivity index (χ2v) is 13.1. The average molecular weight is 687 g/mol. The Morgan fingerprint density at radius 2 is 1.54 bits per heavy atom. The lowest BCUT2D eigenvalue weighted by Crippen LogP contribution is -2.57. The molecule has 3 atom stereocenters. The fourth-order valence-electron chi connectivity index (χ4n) is 5.44. The number of carboxylic acids is 1. The molecule has 2 saturated heterocycles. The number of β-lactam (4-membered cyclic amide) rings is 1. The number of thioether (sulfide) groups is 1. The highest BCUT2D eigenvalue weighted by atomic mass is 35.5. The summed E-state index contributed by atoms with van der Waals surface area (Å²) in [5, 5.41) is 23.1. The van der Waals surface area contributed by atoms with Gasteiger partial charge in [-0.05, 0) is 72.5 Å². The summed E-state index contributed by atoms with van der Waals surface area (Å²) in [6, 6.07) is 20.8. The fraction of sp³-hybridized carbons (Fsp3) is 0.333. The second-order valence-electron chi connectivity index (χ2n) is 11.1. The Labute approximate surface area is 280 Å². The van der Waals surface area contributed by atoms with E-state index in [1.807, 2.05) is 12.1 Å². The standard InChI is InChI=1S/C33H33Cl2N3O7S/c34-23-5-1-20(2-6-23)27(39)19-46-31-30(38(32(31)42)25-9-7-24(35)8-10-25)21-3-11-26(12-4-21)45-18-28(40)36-17-29(41)37-15-13-22(14-16-37)33(43)44/h1-12,22,27,30-31,39H,13-19H2,(H,36,40)(H,43,44). The lowest BCUT2D eigenvalue weighted by molar-refractivity contribution is -0.145. The summed E-state index contributed by atoms with van der Waals surface area (Å²) in [4.78, 5) is 52.5. The highest BCUT2D eigenvalue weighted by Crippen LogP contribution is 2.46. The number of ether oxygens (including phenoxy) is 1. The Hall–Kier alpha value is -3.77. The molecule has 3 unspecified atom stereocenters. The monoisotopic (exact) mass is 685 g/mol. The van der Waals surface area contributed by atoms with E-state index in [1.54, 1.807) is 70.5 Å². The summed E-state index contributed by atoms with van der Waals surface area (Å²) < 4.78 is 5.64. The van der Waals surface area contributed by atoms with Gasteiger partial charge in [-0.2, -0.15) is 0 Å². The molecular formula is C33H33Cl2N3O7S. The van der Waals surface area contributed by atoms with Gasteiger partial charge in [0, 0.05) is 34.6 Å². The van der Waals surface area contributed by atoms with Crippen molar-refractivity contribution in [1.82, 2.24) is 10.2 Å². The number of aliphatic carboxylic acids is 1. The van der Waals surface area contributed by atoms with Crippen LogP contribution in [-0.2, 0) is 19.2 Å². The molecule has 3 aromatic carbocycles. The number of carboxylic acid groups (broad SMARTS) is 1. The molecule has 3 aromatic rings. The lowest BCUT2D eigenvalue weighted by Gasteiger charge is -2.47. The molecule has 242 valence electrons. The minimum atomic E-state index is -0.852. The van der Waals surface area contributed by atoms with E-state index in [4.69, 9.17) is 33.0 Å². The Kier molecular flexibility index (Phi) is 11.1. The van der Waals surface area contributed by atoms with E-state index in [0.29, 0.717) is 58.7 Å². The minimum Gasteiger partial charge on any atom is -0.484 e. The van der Waals surface area contributed by atoms with E-state index in [2.05, 4.69) is 5.32 Å². The van der Waals surface area contributed by atoms with Gasteiger partial charge in [0.2, 0.25) is 11.8 Å². The maximum absolute atomic E-state index is 13.4. The number of nitrogens with one attached hydrogen (secondary N) is 1. The maximum Gasteiger partial charge on any atom is 0.306 e. The van der Waals surface area contributed by atoms with Crippen molar-refractivity contribution in [3.8, 4) is 5.75 Å². The Morgan fingerprint density at radius 1 is 0.935 bits per heavy atom. The average Bonchev–Trinajstić information content (AvgIpc) is 3.06. The molecule has 3 N–H and O–H groups in total. The van der Waals surface area contributed by atoms with Gasteiger partial charge in [-0.25, -0.2) is 0 Å². The molecule has 2 aliphatic rings. The van der Waals surface area contributed by atoms with Crippen molar-refractivity contribution in [2.45, 2.75) is 30.2 Å². The SMILES string of the molecule is O=C(COc1ccc(C2C(SCC(O)c3ccc(Cl)cc3)C(=O)N2c2ccc(Cl)cc2)cc1)NCC(=O)N1CCC(C(=O)O)CC1. The molecule has 2 aliphatic heterocycles. The van der Waals surface area contributed by atoms with E-state index >= 15 is 0 Å². The number of anilines is 1. The van der Waals surface area contributed by atoms with Crippen molar-refractivity contribution in [1.29, 1.82) is 0 Å². The summed E-state index contributed by atoms with van der Waals surface area (Å²) in [6.07, 6.45) is 0.0122. The first kappa shape index (κ1) is 33.6.